The van der Waals surface area contributed by atoms with Gasteiger partial charge in [-0.3, -0.25) is 0 Å². The third kappa shape index (κ3) is 4.24. The van der Waals surface area contributed by atoms with Crippen LogP contribution in [0.4, 0.5) is 0 Å². The molecule has 0 heterocycles. The van der Waals surface area contributed by atoms with Crippen molar-refractivity contribution in [2.45, 2.75) is 65.5 Å². The maximum atomic E-state index is 3.79. The van der Waals surface area contributed by atoms with E-state index in [9.17, 15) is 0 Å². The Morgan fingerprint density at radius 1 is 1.11 bits per heavy atom. The molecule has 1 rings (SSSR count). The van der Waals surface area contributed by atoms with Crippen LogP contribution in [0.2, 0.25) is 0 Å². The maximum Gasteiger partial charge on any atom is 0.0242 e. The third-order valence-corrected chi connectivity index (χ3v) is 4.99. The molecule has 1 saturated carbocycles. The normalized spacial score (nSPS) is 25.8. The molecule has 0 aromatic heterocycles. The Balaban J connectivity index is 2.31. The van der Waals surface area contributed by atoms with Gasteiger partial charge in [0, 0.05) is 18.6 Å². The molecule has 1 atom stereocenters. The Labute approximate surface area is 115 Å². The quantitative estimate of drug-likeness (QED) is 0.714. The summed E-state index contributed by atoms with van der Waals surface area (Å²) in [5.74, 6) is 2.66. The molecule has 0 radical (unpaired) electrons. The first-order chi connectivity index (χ1) is 8.49. The highest BCUT2D eigenvalue weighted by Crippen LogP contribution is 2.33. The van der Waals surface area contributed by atoms with Crippen LogP contribution in [0.25, 0.3) is 0 Å². The second kappa shape index (κ2) is 7.49. The molecule has 1 aliphatic carbocycles. The zero-order valence-electron chi connectivity index (χ0n) is 13.4. The molecule has 0 aliphatic heterocycles. The fraction of sp³-hybridized carbons (Fsp3) is 1.00. The van der Waals surface area contributed by atoms with Crippen LogP contribution >= 0.6 is 0 Å². The number of hydrogen-bond acceptors (Lipinski definition) is 2. The van der Waals surface area contributed by atoms with Crippen LogP contribution in [-0.2, 0) is 0 Å². The molecular weight excluding hydrogens is 220 g/mol. The molecule has 0 amide bonds. The first-order valence-corrected chi connectivity index (χ1v) is 7.89. The van der Waals surface area contributed by atoms with Gasteiger partial charge in [-0.25, -0.2) is 0 Å². The topological polar surface area (TPSA) is 15.3 Å². The fourth-order valence-corrected chi connectivity index (χ4v) is 3.26. The highest BCUT2D eigenvalue weighted by molar-refractivity contribution is 4.88. The molecule has 0 aromatic rings. The van der Waals surface area contributed by atoms with Gasteiger partial charge in [0.1, 0.15) is 0 Å². The Kier molecular flexibility index (Phi) is 6.65. The van der Waals surface area contributed by atoms with Crippen LogP contribution in [0, 0.1) is 17.8 Å². The Morgan fingerprint density at radius 3 is 2.06 bits per heavy atom. The molecule has 0 saturated heterocycles. The molecule has 2 nitrogen and oxygen atoms in total. The van der Waals surface area contributed by atoms with Crippen molar-refractivity contribution in [2.24, 2.45) is 17.8 Å². The summed E-state index contributed by atoms with van der Waals surface area (Å²) in [6.07, 6.45) is 5.36. The average Bonchev–Trinajstić information content (AvgIpc) is 2.24. The van der Waals surface area contributed by atoms with E-state index in [4.69, 9.17) is 0 Å². The number of nitrogens with zero attached hydrogens (tertiary/aromatic N) is 1. The number of nitrogens with one attached hydrogen (secondary N) is 1. The largest absolute Gasteiger partial charge is 0.312 e. The van der Waals surface area contributed by atoms with Crippen LogP contribution < -0.4 is 5.32 Å². The van der Waals surface area contributed by atoms with Crippen molar-refractivity contribution in [2.75, 3.05) is 20.6 Å². The van der Waals surface area contributed by atoms with Crippen molar-refractivity contribution in [3.05, 3.63) is 0 Å². The zero-order valence-corrected chi connectivity index (χ0v) is 13.4. The average molecular weight is 254 g/mol. The summed E-state index contributed by atoms with van der Waals surface area (Å²) in [6, 6.07) is 1.48. The minimum atomic E-state index is 0.693. The molecule has 0 aromatic carbocycles. The lowest BCUT2D eigenvalue weighted by molar-refractivity contribution is 0.139. The van der Waals surface area contributed by atoms with Crippen molar-refractivity contribution in [3.63, 3.8) is 0 Å². The molecule has 0 bridgehead atoms. The van der Waals surface area contributed by atoms with Crippen molar-refractivity contribution < 1.29 is 0 Å². The van der Waals surface area contributed by atoms with Crippen LogP contribution in [0.5, 0.6) is 0 Å². The SMILES string of the molecule is CCC(CC)C(CNC1CC(C(C)C)C1)N(C)C. The number of hydrogen-bond donors (Lipinski definition) is 1. The van der Waals surface area contributed by atoms with Gasteiger partial charge in [-0.05, 0) is 44.7 Å². The Bertz CT molecular complexity index is 215. The van der Waals surface area contributed by atoms with Crippen LogP contribution in [-0.4, -0.2) is 37.6 Å². The summed E-state index contributed by atoms with van der Waals surface area (Å²) in [7, 11) is 4.45. The van der Waals surface area contributed by atoms with Gasteiger partial charge in [0.2, 0.25) is 0 Å². The summed E-state index contributed by atoms with van der Waals surface area (Å²) in [5.41, 5.74) is 0. The summed E-state index contributed by atoms with van der Waals surface area (Å²) < 4.78 is 0. The molecule has 108 valence electrons. The van der Waals surface area contributed by atoms with Gasteiger partial charge in [-0.1, -0.05) is 40.5 Å². The lowest BCUT2D eigenvalue weighted by Gasteiger charge is -2.41. The smallest absolute Gasteiger partial charge is 0.0242 e. The van der Waals surface area contributed by atoms with E-state index in [1.165, 1.54) is 25.7 Å². The lowest BCUT2D eigenvalue weighted by Crippen LogP contribution is -2.50. The molecule has 1 N–H and O–H groups in total. The van der Waals surface area contributed by atoms with Gasteiger partial charge in [0.05, 0.1) is 0 Å². The standard InChI is InChI=1S/C16H34N2/c1-7-13(8-2)16(18(5)6)11-17-15-9-14(10-15)12(3)4/h12-17H,7-11H2,1-6H3. The van der Waals surface area contributed by atoms with Gasteiger partial charge >= 0.3 is 0 Å². The Hall–Kier alpha value is -0.0800. The Morgan fingerprint density at radius 2 is 1.67 bits per heavy atom. The minimum absolute atomic E-state index is 0.693. The molecule has 1 unspecified atom stereocenters. The van der Waals surface area contributed by atoms with Crippen LogP contribution in [0.3, 0.4) is 0 Å². The van der Waals surface area contributed by atoms with Crippen molar-refractivity contribution in [1.29, 1.82) is 0 Å². The van der Waals surface area contributed by atoms with Gasteiger partial charge in [-0.2, -0.15) is 0 Å². The predicted molar refractivity (Wildman–Crippen MR) is 80.9 cm³/mol. The van der Waals surface area contributed by atoms with E-state index >= 15 is 0 Å². The van der Waals surface area contributed by atoms with Crippen molar-refractivity contribution in [1.82, 2.24) is 10.2 Å². The van der Waals surface area contributed by atoms with E-state index < -0.39 is 0 Å². The highest BCUT2D eigenvalue weighted by Gasteiger charge is 2.31. The second-order valence-corrected chi connectivity index (χ2v) is 6.69. The van der Waals surface area contributed by atoms with Crippen LogP contribution in [0.1, 0.15) is 53.4 Å². The summed E-state index contributed by atoms with van der Waals surface area (Å²) in [4.78, 5) is 2.41. The molecule has 1 aliphatic rings. The zero-order chi connectivity index (χ0) is 13.7. The molecule has 1 fully saturated rings. The molecule has 18 heavy (non-hydrogen) atoms. The predicted octanol–water partition coefficient (Wildman–Crippen LogP) is 3.38. The van der Waals surface area contributed by atoms with E-state index in [1.54, 1.807) is 0 Å². The number of rotatable bonds is 8. The summed E-state index contributed by atoms with van der Waals surface area (Å²) in [5, 5.41) is 3.79. The second-order valence-electron chi connectivity index (χ2n) is 6.69. The molecular formula is C16H34N2. The lowest BCUT2D eigenvalue weighted by atomic mass is 9.73. The van der Waals surface area contributed by atoms with E-state index in [0.29, 0.717) is 6.04 Å². The summed E-state index contributed by atoms with van der Waals surface area (Å²) >= 11 is 0. The minimum Gasteiger partial charge on any atom is -0.312 e. The number of likely N-dealkylation sites (N-methyl/N-ethyl adjacent to an activating group) is 1. The van der Waals surface area contributed by atoms with Crippen LogP contribution in [0.15, 0.2) is 0 Å². The van der Waals surface area contributed by atoms with Crippen molar-refractivity contribution in [3.8, 4) is 0 Å². The van der Waals surface area contributed by atoms with E-state index in [0.717, 1.165) is 30.3 Å². The van der Waals surface area contributed by atoms with E-state index in [1.807, 2.05) is 0 Å². The maximum absolute atomic E-state index is 3.79. The molecule has 2 heteroatoms. The highest BCUT2D eigenvalue weighted by atomic mass is 15.1. The first kappa shape index (κ1) is 16.0. The van der Waals surface area contributed by atoms with Gasteiger partial charge in [0.25, 0.3) is 0 Å². The fourth-order valence-electron chi connectivity index (χ4n) is 3.26. The van der Waals surface area contributed by atoms with Crippen molar-refractivity contribution >= 4 is 0 Å². The molecule has 0 spiro atoms. The van der Waals surface area contributed by atoms with E-state index in [2.05, 4.69) is 52.0 Å². The van der Waals surface area contributed by atoms with E-state index in [-0.39, 0.29) is 0 Å². The van der Waals surface area contributed by atoms with Gasteiger partial charge in [-0.15, -0.1) is 0 Å². The summed E-state index contributed by atoms with van der Waals surface area (Å²) in [6.45, 7) is 10.5. The first-order valence-electron chi connectivity index (χ1n) is 7.89. The van der Waals surface area contributed by atoms with Gasteiger partial charge < -0.3 is 10.2 Å². The monoisotopic (exact) mass is 254 g/mol. The third-order valence-electron chi connectivity index (χ3n) is 4.99. The van der Waals surface area contributed by atoms with Gasteiger partial charge in [0.15, 0.2) is 0 Å².